The Kier molecular flexibility index (Phi) is 60.2. The fraction of sp³-hybridized carbons (Fsp3) is 0.500. The van der Waals surface area contributed by atoms with E-state index in [9.17, 15) is 62.3 Å². The van der Waals surface area contributed by atoms with E-state index in [0.717, 1.165) is 11.3 Å². The van der Waals surface area contributed by atoms with Gasteiger partial charge in [-0.05, 0) is 57.7 Å². The van der Waals surface area contributed by atoms with Crippen molar-refractivity contribution in [2.45, 2.75) is 126 Å². The SMILES string of the molecule is C[C@@H](O)[C@H](N)C(=O)O.C[C@H](N)C(=O)O.C[C@H](N)C(=O)O.NCC(=O)O.N[C@@H](CC(=O)O)C(=O)O.N[C@@H](CCC(=O)O)C(=O)O.N[C@@H](CCC(=O)O)C(=O)O.N[C@@H](CO)C(=O)O.N[C@@H](Cc1ccc(O)cc1)C(=O)O.N[C@@H](Cc1cnc[nH]1)C(=O)O. The number of rotatable bonds is 24. The number of carbonyl (C=O) groups is 13. The molecule has 37 N–H and O–H groups in total. The third-order valence-electron chi connectivity index (χ3n) is 7.98. The molecule has 2 rings (SSSR count). The van der Waals surface area contributed by atoms with Gasteiger partial charge in [0.15, 0.2) is 0 Å². The standard InChI is InChI=1S/C9H11NO3.C6H9N3O2.2C5H9NO4.C4H7NO4.C4H9NO3.C3H7NO3.2C3H7NO2.C2H5NO2/c10-8(9(12)13)5-6-1-3-7(11)4-2-6;7-5(6(10)11)1-4-2-8-3-9-4;2*6-3(5(9)10)1-2-4(7)8;5-2(4(8)9)1-3(6)7;1-2(6)3(5)4(7)8;4-2(1-5)3(6)7;2*1-2(4)3(5)6;3-1-2(4)5/h1-4,8,11H,5,10H2,(H,12,13);2-3,5H,1,7H2,(H,8,9)(H,10,11);2*3H,1-2,6H2,(H,7,8)(H,9,10);2H,1,5H2,(H,6,7)(H,8,9);2-3,6H,5H2,1H3,(H,7,8);2,5H,1,4H2,(H,6,7);2*2H,4H2,1H3,(H,5,6);1,3H2,(H,4,5)/t8-;5-;2*3-;2-;2-,3+;3*2-;/m000001000./s1. The van der Waals surface area contributed by atoms with E-state index in [4.69, 9.17) is 133 Å². The quantitative estimate of drug-likeness (QED) is 0.0464. The van der Waals surface area contributed by atoms with Crippen LogP contribution in [0.3, 0.4) is 0 Å². The average Bonchev–Trinajstić information content (AvgIpc) is 3.91. The van der Waals surface area contributed by atoms with Crippen LogP contribution >= 0.6 is 0 Å². The number of aromatic nitrogens is 2. The van der Waals surface area contributed by atoms with Gasteiger partial charge in [0, 0.05) is 31.2 Å². The molecule has 10 atom stereocenters. The van der Waals surface area contributed by atoms with Crippen LogP contribution in [-0.2, 0) is 75.2 Å². The van der Waals surface area contributed by atoms with Crippen LogP contribution in [0.5, 0.6) is 5.75 Å². The van der Waals surface area contributed by atoms with Crippen LogP contribution < -0.4 is 57.3 Å². The van der Waals surface area contributed by atoms with Crippen molar-refractivity contribution in [3.8, 4) is 5.75 Å². The van der Waals surface area contributed by atoms with Crippen LogP contribution in [0.4, 0.5) is 0 Å². The number of carboxylic acids is 13. The second-order valence-corrected chi connectivity index (χ2v) is 15.9. The van der Waals surface area contributed by atoms with Crippen molar-refractivity contribution < 1.29 is 144 Å². The molecular formula is C44H80N12O29. The minimum absolute atomic E-state index is 0.0231. The van der Waals surface area contributed by atoms with Crippen LogP contribution in [0.15, 0.2) is 36.8 Å². The van der Waals surface area contributed by atoms with Crippen molar-refractivity contribution in [2.75, 3.05) is 13.2 Å². The molecule has 2 aromatic rings. The Balaban J connectivity index is -0.000000131. The van der Waals surface area contributed by atoms with Gasteiger partial charge in [0.1, 0.15) is 60.1 Å². The number of aromatic hydroxyl groups is 1. The molecule has 0 fully saturated rings. The zero-order chi connectivity index (χ0) is 69.0. The number of nitrogens with two attached hydrogens (primary N) is 10. The summed E-state index contributed by atoms with van der Waals surface area (Å²) in [7, 11) is 0. The number of hydrogen-bond acceptors (Lipinski definition) is 27. The largest absolute Gasteiger partial charge is 0.508 e. The number of nitrogens with one attached hydrogen (secondary N) is 1. The molecule has 85 heavy (non-hydrogen) atoms. The minimum Gasteiger partial charge on any atom is -0.508 e. The maximum Gasteiger partial charge on any atom is 0.323 e. The Morgan fingerprint density at radius 1 is 0.459 bits per heavy atom. The molecule has 0 spiro atoms. The molecule has 0 radical (unpaired) electrons. The predicted molar refractivity (Wildman–Crippen MR) is 287 cm³/mol. The highest BCUT2D eigenvalue weighted by Gasteiger charge is 2.18. The number of phenolic OH excluding ortho intramolecular Hbond substituents is 1. The molecule has 41 nitrogen and oxygen atoms in total. The van der Waals surface area contributed by atoms with Gasteiger partial charge in [-0.2, -0.15) is 0 Å². The summed E-state index contributed by atoms with van der Waals surface area (Å²) in [6, 6.07) is -2.58. The van der Waals surface area contributed by atoms with Crippen molar-refractivity contribution in [3.05, 3.63) is 48.0 Å². The first-order valence-corrected chi connectivity index (χ1v) is 23.2. The highest BCUT2D eigenvalue weighted by Crippen LogP contribution is 2.10. The summed E-state index contributed by atoms with van der Waals surface area (Å²) in [5.41, 5.74) is 50.9. The lowest BCUT2D eigenvalue weighted by Crippen LogP contribution is -2.39. The summed E-state index contributed by atoms with van der Waals surface area (Å²) in [6.07, 6.45) is 1.65. The molecular weight excluding hydrogens is 1160 g/mol. The average molecular weight is 1240 g/mol. The van der Waals surface area contributed by atoms with Crippen molar-refractivity contribution >= 4 is 77.6 Å². The molecule has 0 saturated heterocycles. The molecule has 0 saturated carbocycles. The summed E-state index contributed by atoms with van der Waals surface area (Å²) < 4.78 is 0. The Hall–Kier alpha value is -9.14. The number of carboxylic acid groups (broad SMARTS) is 13. The zero-order valence-corrected chi connectivity index (χ0v) is 45.8. The predicted octanol–water partition coefficient (Wildman–Crippen LogP) is -7.85. The van der Waals surface area contributed by atoms with Crippen LogP contribution in [0.2, 0.25) is 0 Å². The smallest absolute Gasteiger partial charge is 0.323 e. The first kappa shape index (κ1) is 92.3. The Morgan fingerprint density at radius 3 is 0.953 bits per heavy atom. The molecule has 1 heterocycles. The third kappa shape index (κ3) is 72.8. The fourth-order valence-electron chi connectivity index (χ4n) is 3.06. The summed E-state index contributed by atoms with van der Waals surface area (Å²) >= 11 is 0. The van der Waals surface area contributed by atoms with E-state index in [1.165, 1.54) is 39.2 Å². The molecule has 0 aliphatic rings. The maximum absolute atomic E-state index is 10.4. The molecule has 0 aliphatic heterocycles. The van der Waals surface area contributed by atoms with Crippen molar-refractivity contribution in [1.82, 2.24) is 9.97 Å². The molecule has 0 amide bonds. The fourth-order valence-corrected chi connectivity index (χ4v) is 3.06. The monoisotopic (exact) mass is 1240 g/mol. The number of H-pyrrole nitrogens is 1. The molecule has 1 aromatic heterocycles. The van der Waals surface area contributed by atoms with Crippen molar-refractivity contribution in [3.63, 3.8) is 0 Å². The summed E-state index contributed by atoms with van der Waals surface area (Å²) in [4.78, 5) is 134. The van der Waals surface area contributed by atoms with Crippen LogP contribution in [0, 0.1) is 0 Å². The second-order valence-electron chi connectivity index (χ2n) is 15.9. The van der Waals surface area contributed by atoms with E-state index in [-0.39, 0.29) is 50.8 Å². The molecule has 0 bridgehead atoms. The molecule has 1 aromatic carbocycles. The van der Waals surface area contributed by atoms with E-state index >= 15 is 0 Å². The van der Waals surface area contributed by atoms with Gasteiger partial charge >= 0.3 is 77.6 Å². The van der Waals surface area contributed by atoms with Crippen LogP contribution in [-0.4, -0.2) is 243 Å². The van der Waals surface area contributed by atoms with Gasteiger partial charge < -0.3 is 144 Å². The summed E-state index contributed by atoms with van der Waals surface area (Å²) in [5, 5.41) is 130. The lowest BCUT2D eigenvalue weighted by Gasteiger charge is -2.06. The number of nitrogens with zero attached hydrogens (tertiary/aromatic N) is 1. The number of imidazole rings is 1. The number of aliphatic hydroxyl groups excluding tert-OH is 2. The normalized spacial score (nSPS) is 12.9. The van der Waals surface area contributed by atoms with Gasteiger partial charge in [0.25, 0.3) is 0 Å². The molecule has 41 heteroatoms. The summed E-state index contributed by atoms with van der Waals surface area (Å²) in [6.45, 7) is 3.39. The van der Waals surface area contributed by atoms with Crippen molar-refractivity contribution in [2.24, 2.45) is 57.3 Å². The molecule has 0 unspecified atom stereocenters. The number of benzene rings is 1. The Morgan fingerprint density at radius 2 is 0.776 bits per heavy atom. The lowest BCUT2D eigenvalue weighted by atomic mass is 10.1. The first-order valence-electron chi connectivity index (χ1n) is 23.2. The van der Waals surface area contributed by atoms with Gasteiger partial charge in [-0.15, -0.1) is 0 Å². The topological polar surface area (TPSA) is 834 Å². The molecule has 0 aliphatic carbocycles. The third-order valence-corrected chi connectivity index (χ3v) is 7.98. The maximum atomic E-state index is 10.4. The van der Waals surface area contributed by atoms with E-state index in [0.29, 0.717) is 0 Å². The van der Waals surface area contributed by atoms with Crippen molar-refractivity contribution in [1.29, 1.82) is 0 Å². The van der Waals surface area contributed by atoms with E-state index in [1.54, 1.807) is 18.3 Å². The Labute approximate surface area is 481 Å². The number of hydrogen-bond donors (Lipinski definition) is 27. The second kappa shape index (κ2) is 55.4. The van der Waals surface area contributed by atoms with Gasteiger partial charge in [-0.25, -0.2) is 4.98 Å². The number of phenols is 1. The number of aromatic amines is 1. The first-order chi connectivity index (χ1) is 38.7. The Bertz CT molecular complexity index is 2200. The van der Waals surface area contributed by atoms with Gasteiger partial charge in [-0.1, -0.05) is 12.1 Å². The highest BCUT2D eigenvalue weighted by molar-refractivity contribution is 5.80. The van der Waals surface area contributed by atoms with Gasteiger partial charge in [0.2, 0.25) is 0 Å². The van der Waals surface area contributed by atoms with Crippen LogP contribution in [0.25, 0.3) is 0 Å². The van der Waals surface area contributed by atoms with E-state index < -0.39 is 151 Å². The van der Waals surface area contributed by atoms with E-state index in [2.05, 4.69) is 15.7 Å². The highest BCUT2D eigenvalue weighted by atomic mass is 16.4. The lowest BCUT2D eigenvalue weighted by molar-refractivity contribution is -0.144. The van der Waals surface area contributed by atoms with Crippen LogP contribution in [0.1, 0.15) is 64.1 Å². The van der Waals surface area contributed by atoms with E-state index in [1.807, 2.05) is 0 Å². The number of aliphatic carboxylic acids is 13. The molecule has 490 valence electrons. The zero-order valence-electron chi connectivity index (χ0n) is 45.8. The minimum atomic E-state index is -1.29. The van der Waals surface area contributed by atoms with Gasteiger partial charge in [0.05, 0.1) is 32.0 Å². The summed E-state index contributed by atoms with van der Waals surface area (Å²) in [5.74, 6) is -14.0. The number of aliphatic hydroxyl groups is 2. The van der Waals surface area contributed by atoms with Gasteiger partial charge in [-0.3, -0.25) is 62.3 Å².